The second-order valence-electron chi connectivity index (χ2n) is 4.54. The topological polar surface area (TPSA) is 78.8 Å². The first-order valence-corrected chi connectivity index (χ1v) is 6.58. The molecule has 0 radical (unpaired) electrons. The number of nitrogens with one attached hydrogen (secondary N) is 1. The molecule has 0 saturated heterocycles. The van der Waals surface area contributed by atoms with Gasteiger partial charge < -0.3 is 20.3 Å². The van der Waals surface area contributed by atoms with Gasteiger partial charge in [0.2, 0.25) is 0 Å². The number of para-hydroxylation sites is 1. The van der Waals surface area contributed by atoms with Crippen molar-refractivity contribution in [2.45, 2.75) is 6.10 Å². The summed E-state index contributed by atoms with van der Waals surface area (Å²) in [4.78, 5) is 10.7. The monoisotopic (exact) mass is 287 g/mol. The lowest BCUT2D eigenvalue weighted by Gasteiger charge is -2.14. The van der Waals surface area contributed by atoms with Crippen LogP contribution < -0.4 is 10.1 Å². The fourth-order valence-corrected chi connectivity index (χ4v) is 1.73. The molecule has 2 rings (SSSR count). The van der Waals surface area contributed by atoms with E-state index in [1.807, 2.05) is 30.3 Å². The van der Waals surface area contributed by atoms with Crippen molar-refractivity contribution in [3.05, 3.63) is 60.2 Å². The van der Waals surface area contributed by atoms with Gasteiger partial charge in [-0.3, -0.25) is 0 Å². The predicted molar refractivity (Wildman–Crippen MR) is 79.8 cm³/mol. The number of anilines is 1. The maximum atomic E-state index is 10.7. The molecule has 0 bridgehead atoms. The first-order chi connectivity index (χ1) is 10.1. The fraction of sp³-hybridized carbons (Fsp3) is 0.188. The molecule has 0 fully saturated rings. The first kappa shape index (κ1) is 14.9. The van der Waals surface area contributed by atoms with Gasteiger partial charge in [-0.2, -0.15) is 0 Å². The molecular formula is C16H17NO4. The molecule has 0 aromatic heterocycles. The Labute approximate surface area is 122 Å². The minimum atomic E-state index is -0.960. The highest BCUT2D eigenvalue weighted by Crippen LogP contribution is 2.11. The molecule has 3 N–H and O–H groups in total. The van der Waals surface area contributed by atoms with Crippen LogP contribution >= 0.6 is 0 Å². The second-order valence-corrected chi connectivity index (χ2v) is 4.54. The average molecular weight is 287 g/mol. The Morgan fingerprint density at radius 3 is 2.38 bits per heavy atom. The van der Waals surface area contributed by atoms with Gasteiger partial charge in [0, 0.05) is 12.2 Å². The summed E-state index contributed by atoms with van der Waals surface area (Å²) < 4.78 is 5.44. The van der Waals surface area contributed by atoms with E-state index in [4.69, 9.17) is 9.84 Å². The number of aromatic carboxylic acids is 1. The van der Waals surface area contributed by atoms with E-state index in [0.717, 1.165) is 5.69 Å². The summed E-state index contributed by atoms with van der Waals surface area (Å²) in [6.45, 7) is 0.503. The molecule has 2 aromatic carbocycles. The molecule has 1 atom stereocenters. The largest absolute Gasteiger partial charge is 0.491 e. The Morgan fingerprint density at radius 1 is 1.10 bits per heavy atom. The number of hydrogen-bond donors (Lipinski definition) is 3. The Morgan fingerprint density at radius 2 is 1.76 bits per heavy atom. The molecule has 5 heteroatoms. The number of aliphatic hydroxyl groups excluding tert-OH is 1. The van der Waals surface area contributed by atoms with E-state index in [1.165, 1.54) is 12.1 Å². The number of rotatable bonds is 7. The third kappa shape index (κ3) is 4.81. The van der Waals surface area contributed by atoms with Crippen LogP contribution in [-0.2, 0) is 0 Å². The van der Waals surface area contributed by atoms with Crippen LogP contribution in [0.2, 0.25) is 0 Å². The van der Waals surface area contributed by atoms with Crippen LogP contribution in [0, 0.1) is 0 Å². The summed E-state index contributed by atoms with van der Waals surface area (Å²) in [5, 5.41) is 21.7. The number of ether oxygens (including phenoxy) is 1. The number of carboxylic acids is 1. The quantitative estimate of drug-likeness (QED) is 0.728. The van der Waals surface area contributed by atoms with Crippen molar-refractivity contribution in [2.24, 2.45) is 0 Å². The third-order valence-electron chi connectivity index (χ3n) is 2.86. The molecule has 1 unspecified atom stereocenters. The van der Waals surface area contributed by atoms with Crippen molar-refractivity contribution in [2.75, 3.05) is 18.5 Å². The zero-order valence-corrected chi connectivity index (χ0v) is 11.4. The number of benzene rings is 2. The van der Waals surface area contributed by atoms with Gasteiger partial charge in [-0.15, -0.1) is 0 Å². The number of aliphatic hydroxyl groups is 1. The lowest BCUT2D eigenvalue weighted by atomic mass is 10.2. The first-order valence-electron chi connectivity index (χ1n) is 6.58. The Bertz CT molecular complexity index is 569. The number of hydrogen-bond acceptors (Lipinski definition) is 4. The van der Waals surface area contributed by atoms with Gasteiger partial charge in [-0.25, -0.2) is 4.79 Å². The second kappa shape index (κ2) is 7.31. The molecular weight excluding hydrogens is 270 g/mol. The summed E-state index contributed by atoms with van der Waals surface area (Å²) in [6, 6.07) is 15.6. The van der Waals surface area contributed by atoms with Gasteiger partial charge >= 0.3 is 5.97 Å². The molecule has 0 spiro atoms. The van der Waals surface area contributed by atoms with Gasteiger partial charge in [0.1, 0.15) is 18.5 Å². The van der Waals surface area contributed by atoms with Gasteiger partial charge in [0.25, 0.3) is 0 Å². The summed E-state index contributed by atoms with van der Waals surface area (Å²) in [7, 11) is 0. The maximum absolute atomic E-state index is 10.7. The third-order valence-corrected chi connectivity index (χ3v) is 2.86. The molecule has 0 amide bonds. The minimum Gasteiger partial charge on any atom is -0.491 e. The molecule has 0 aliphatic rings. The fourth-order valence-electron chi connectivity index (χ4n) is 1.73. The van der Waals surface area contributed by atoms with Gasteiger partial charge in [-0.05, 0) is 36.4 Å². The van der Waals surface area contributed by atoms with Crippen molar-refractivity contribution in [1.29, 1.82) is 0 Å². The van der Waals surface area contributed by atoms with E-state index >= 15 is 0 Å². The number of carbonyl (C=O) groups is 1. The molecule has 5 nitrogen and oxygen atoms in total. The normalized spacial score (nSPS) is 11.7. The molecule has 0 saturated carbocycles. The standard InChI is InChI=1S/C16H17NO4/c18-14(11-21-15-4-2-1-3-5-15)10-17-13-8-6-12(7-9-13)16(19)20/h1-9,14,17-18H,10-11H2,(H,19,20). The van der Waals surface area contributed by atoms with Gasteiger partial charge in [-0.1, -0.05) is 18.2 Å². The van der Waals surface area contributed by atoms with E-state index in [-0.39, 0.29) is 12.2 Å². The smallest absolute Gasteiger partial charge is 0.335 e. The van der Waals surface area contributed by atoms with Crippen molar-refractivity contribution in [3.8, 4) is 5.75 Å². The van der Waals surface area contributed by atoms with Crippen molar-refractivity contribution in [3.63, 3.8) is 0 Å². The molecule has 0 aliphatic carbocycles. The predicted octanol–water partition coefficient (Wildman–Crippen LogP) is 2.24. The Kier molecular flexibility index (Phi) is 5.17. The van der Waals surface area contributed by atoms with Crippen molar-refractivity contribution >= 4 is 11.7 Å². The Hall–Kier alpha value is -2.53. The van der Waals surface area contributed by atoms with Crippen LogP contribution in [0.15, 0.2) is 54.6 Å². The van der Waals surface area contributed by atoms with Crippen LogP contribution in [0.1, 0.15) is 10.4 Å². The van der Waals surface area contributed by atoms with Crippen LogP contribution in [0.25, 0.3) is 0 Å². The van der Waals surface area contributed by atoms with Crippen molar-refractivity contribution in [1.82, 2.24) is 0 Å². The Balaban J connectivity index is 1.75. The number of carboxylic acid groups (broad SMARTS) is 1. The van der Waals surface area contributed by atoms with Crippen LogP contribution in [0.4, 0.5) is 5.69 Å². The van der Waals surface area contributed by atoms with E-state index in [0.29, 0.717) is 12.3 Å². The van der Waals surface area contributed by atoms with Crippen molar-refractivity contribution < 1.29 is 19.7 Å². The molecule has 110 valence electrons. The average Bonchev–Trinajstić information content (AvgIpc) is 2.52. The minimum absolute atomic E-state index is 0.185. The van der Waals surface area contributed by atoms with Crippen LogP contribution in [0.5, 0.6) is 5.75 Å². The lowest BCUT2D eigenvalue weighted by Crippen LogP contribution is -2.26. The highest BCUT2D eigenvalue weighted by atomic mass is 16.5. The van der Waals surface area contributed by atoms with E-state index in [2.05, 4.69) is 5.32 Å². The molecule has 0 heterocycles. The summed E-state index contributed by atoms with van der Waals surface area (Å²) in [6.07, 6.45) is -0.663. The van der Waals surface area contributed by atoms with Crippen LogP contribution in [-0.4, -0.2) is 35.4 Å². The lowest BCUT2D eigenvalue weighted by molar-refractivity contribution is 0.0697. The summed E-state index contributed by atoms with van der Waals surface area (Å²) in [5.41, 5.74) is 0.979. The van der Waals surface area contributed by atoms with E-state index in [1.54, 1.807) is 12.1 Å². The summed E-state index contributed by atoms with van der Waals surface area (Å²) >= 11 is 0. The SMILES string of the molecule is O=C(O)c1ccc(NCC(O)COc2ccccc2)cc1. The molecule has 2 aromatic rings. The van der Waals surface area contributed by atoms with E-state index < -0.39 is 12.1 Å². The maximum Gasteiger partial charge on any atom is 0.335 e. The molecule has 0 aliphatic heterocycles. The summed E-state index contributed by atoms with van der Waals surface area (Å²) in [5.74, 6) is -0.250. The highest BCUT2D eigenvalue weighted by molar-refractivity contribution is 5.87. The van der Waals surface area contributed by atoms with Crippen LogP contribution in [0.3, 0.4) is 0 Å². The zero-order chi connectivity index (χ0) is 15.1. The van der Waals surface area contributed by atoms with Gasteiger partial charge in [0.05, 0.1) is 5.56 Å². The highest BCUT2D eigenvalue weighted by Gasteiger charge is 2.06. The zero-order valence-electron chi connectivity index (χ0n) is 11.4. The van der Waals surface area contributed by atoms with E-state index in [9.17, 15) is 9.90 Å². The molecule has 21 heavy (non-hydrogen) atoms. The van der Waals surface area contributed by atoms with Gasteiger partial charge in [0.15, 0.2) is 0 Å².